The number of rotatable bonds is 6. The number of hydrogen-bond donors (Lipinski definition) is 1. The lowest BCUT2D eigenvalue weighted by atomic mass is 10.1. The summed E-state index contributed by atoms with van der Waals surface area (Å²) in [5.41, 5.74) is 0.955. The Kier molecular flexibility index (Phi) is 5.05. The minimum atomic E-state index is -0.968. The van der Waals surface area contributed by atoms with Crippen LogP contribution in [0.1, 0.15) is 0 Å². The zero-order valence-corrected chi connectivity index (χ0v) is 16.3. The first-order valence-corrected chi connectivity index (χ1v) is 9.15. The SMILES string of the molecule is COc1ccc(N2C(=O)[C@H]3N=NN(CC(=O)Nc4cccc(OC)c4)[C@@H]3C2=O)cc1. The summed E-state index contributed by atoms with van der Waals surface area (Å²) in [6.07, 6.45) is 0. The molecule has 30 heavy (non-hydrogen) atoms. The Morgan fingerprint density at radius 2 is 1.77 bits per heavy atom. The number of amides is 3. The molecule has 4 rings (SSSR count). The molecule has 0 aromatic heterocycles. The van der Waals surface area contributed by atoms with Gasteiger partial charge in [0.25, 0.3) is 11.8 Å². The highest BCUT2D eigenvalue weighted by atomic mass is 16.5. The Labute approximate surface area is 172 Å². The van der Waals surface area contributed by atoms with Gasteiger partial charge in [0.05, 0.1) is 19.9 Å². The van der Waals surface area contributed by atoms with Gasteiger partial charge in [-0.1, -0.05) is 11.3 Å². The minimum absolute atomic E-state index is 0.225. The zero-order valence-electron chi connectivity index (χ0n) is 16.3. The molecule has 2 aliphatic rings. The second-order valence-corrected chi connectivity index (χ2v) is 6.68. The molecule has 154 valence electrons. The molecule has 2 aromatic rings. The molecule has 1 saturated heterocycles. The number of nitrogens with one attached hydrogen (secondary N) is 1. The quantitative estimate of drug-likeness (QED) is 0.726. The van der Waals surface area contributed by atoms with E-state index < -0.39 is 29.8 Å². The van der Waals surface area contributed by atoms with Crippen LogP contribution in [0.3, 0.4) is 0 Å². The highest BCUT2D eigenvalue weighted by Crippen LogP contribution is 2.32. The summed E-state index contributed by atoms with van der Waals surface area (Å²) in [6, 6.07) is 11.5. The van der Waals surface area contributed by atoms with E-state index >= 15 is 0 Å². The van der Waals surface area contributed by atoms with Crippen LogP contribution in [0.5, 0.6) is 11.5 Å². The van der Waals surface area contributed by atoms with Crippen molar-refractivity contribution in [2.75, 3.05) is 31.0 Å². The summed E-state index contributed by atoms with van der Waals surface area (Å²) < 4.78 is 10.2. The first-order valence-electron chi connectivity index (χ1n) is 9.15. The number of methoxy groups -OCH3 is 2. The molecular weight excluding hydrogens is 390 g/mol. The van der Waals surface area contributed by atoms with Crippen LogP contribution in [-0.2, 0) is 14.4 Å². The van der Waals surface area contributed by atoms with E-state index in [1.54, 1.807) is 48.5 Å². The van der Waals surface area contributed by atoms with Crippen molar-refractivity contribution in [1.82, 2.24) is 5.01 Å². The van der Waals surface area contributed by atoms with E-state index in [1.807, 2.05) is 0 Å². The van der Waals surface area contributed by atoms with Crippen LogP contribution in [0, 0.1) is 0 Å². The maximum atomic E-state index is 12.9. The lowest BCUT2D eigenvalue weighted by Crippen LogP contribution is -2.43. The fraction of sp³-hybridized carbons (Fsp3) is 0.250. The van der Waals surface area contributed by atoms with Crippen LogP contribution in [0.25, 0.3) is 0 Å². The van der Waals surface area contributed by atoms with Crippen molar-refractivity contribution in [1.29, 1.82) is 0 Å². The number of anilines is 2. The third kappa shape index (κ3) is 3.43. The third-order valence-corrected chi connectivity index (χ3v) is 4.85. The number of carbonyl (C=O) groups excluding carboxylic acids is 3. The van der Waals surface area contributed by atoms with Gasteiger partial charge in [-0.3, -0.25) is 19.4 Å². The molecule has 0 radical (unpaired) electrons. The van der Waals surface area contributed by atoms with Gasteiger partial charge in [-0.05, 0) is 36.4 Å². The molecule has 0 bridgehead atoms. The molecule has 2 aliphatic heterocycles. The summed E-state index contributed by atoms with van der Waals surface area (Å²) in [5.74, 6) is -0.149. The maximum absolute atomic E-state index is 12.9. The van der Waals surface area contributed by atoms with E-state index in [4.69, 9.17) is 9.47 Å². The third-order valence-electron chi connectivity index (χ3n) is 4.85. The largest absolute Gasteiger partial charge is 0.497 e. The normalized spacial score (nSPS) is 19.8. The zero-order chi connectivity index (χ0) is 21.3. The average molecular weight is 409 g/mol. The Morgan fingerprint density at radius 1 is 1.03 bits per heavy atom. The van der Waals surface area contributed by atoms with Gasteiger partial charge in [-0.2, -0.15) is 5.11 Å². The van der Waals surface area contributed by atoms with E-state index in [-0.39, 0.29) is 6.54 Å². The van der Waals surface area contributed by atoms with Crippen LogP contribution in [0.4, 0.5) is 11.4 Å². The molecule has 0 spiro atoms. The van der Waals surface area contributed by atoms with Gasteiger partial charge < -0.3 is 14.8 Å². The summed E-state index contributed by atoms with van der Waals surface area (Å²) in [4.78, 5) is 39.2. The van der Waals surface area contributed by atoms with Crippen molar-refractivity contribution < 1.29 is 23.9 Å². The number of fused-ring (bicyclic) bond motifs is 1. The molecule has 1 N–H and O–H groups in total. The van der Waals surface area contributed by atoms with E-state index in [2.05, 4.69) is 15.7 Å². The highest BCUT2D eigenvalue weighted by Gasteiger charge is 2.55. The molecule has 10 nitrogen and oxygen atoms in total. The van der Waals surface area contributed by atoms with Crippen molar-refractivity contribution in [3.8, 4) is 11.5 Å². The molecule has 0 aliphatic carbocycles. The molecular formula is C20H19N5O5. The smallest absolute Gasteiger partial charge is 0.263 e. The van der Waals surface area contributed by atoms with E-state index in [0.717, 1.165) is 4.90 Å². The number of hydrogen-bond acceptors (Lipinski definition) is 8. The second kappa shape index (κ2) is 7.82. The number of ether oxygens (including phenoxy) is 2. The monoisotopic (exact) mass is 409 g/mol. The molecule has 2 aromatic carbocycles. The molecule has 2 heterocycles. The Balaban J connectivity index is 1.46. The second-order valence-electron chi connectivity index (χ2n) is 6.68. The van der Waals surface area contributed by atoms with Gasteiger partial charge in [0.1, 0.15) is 18.0 Å². The number of nitrogens with zero attached hydrogens (tertiary/aromatic N) is 4. The van der Waals surface area contributed by atoms with Crippen molar-refractivity contribution >= 4 is 29.1 Å². The van der Waals surface area contributed by atoms with Crippen LogP contribution in [0.15, 0.2) is 58.9 Å². The van der Waals surface area contributed by atoms with E-state index in [1.165, 1.54) is 19.2 Å². The number of carbonyl (C=O) groups is 3. The highest BCUT2D eigenvalue weighted by molar-refractivity contribution is 6.25. The maximum Gasteiger partial charge on any atom is 0.263 e. The van der Waals surface area contributed by atoms with Gasteiger partial charge in [0.2, 0.25) is 5.91 Å². The average Bonchev–Trinajstić information content (AvgIpc) is 3.27. The van der Waals surface area contributed by atoms with Crippen molar-refractivity contribution in [2.45, 2.75) is 12.1 Å². The summed E-state index contributed by atoms with van der Waals surface area (Å²) in [5, 5.41) is 11.8. The van der Waals surface area contributed by atoms with E-state index in [0.29, 0.717) is 22.9 Å². The first-order chi connectivity index (χ1) is 14.5. The molecule has 10 heteroatoms. The summed E-state index contributed by atoms with van der Waals surface area (Å²) >= 11 is 0. The Bertz CT molecular complexity index is 1020. The first kappa shape index (κ1) is 19.4. The Hall–Kier alpha value is -3.95. The van der Waals surface area contributed by atoms with Gasteiger partial charge in [-0.25, -0.2) is 4.90 Å². The van der Waals surface area contributed by atoms with Crippen LogP contribution < -0.4 is 19.7 Å². The Morgan fingerprint density at radius 3 is 2.47 bits per heavy atom. The molecule has 0 saturated carbocycles. The van der Waals surface area contributed by atoms with Crippen molar-refractivity contribution in [2.24, 2.45) is 10.3 Å². The fourth-order valence-electron chi connectivity index (χ4n) is 3.39. The molecule has 1 fully saturated rings. The summed E-state index contributed by atoms with van der Waals surface area (Å²) in [7, 11) is 3.06. The van der Waals surface area contributed by atoms with Gasteiger partial charge in [0, 0.05) is 11.8 Å². The predicted octanol–water partition coefficient (Wildman–Crippen LogP) is 1.64. The van der Waals surface area contributed by atoms with Gasteiger partial charge >= 0.3 is 0 Å². The molecule has 3 amide bonds. The number of benzene rings is 2. The van der Waals surface area contributed by atoms with Gasteiger partial charge in [0.15, 0.2) is 12.1 Å². The lowest BCUT2D eigenvalue weighted by molar-refractivity contribution is -0.123. The molecule has 0 unspecified atom stereocenters. The summed E-state index contributed by atoms with van der Waals surface area (Å²) in [6.45, 7) is -0.225. The number of imide groups is 1. The lowest BCUT2D eigenvalue weighted by Gasteiger charge is -2.20. The van der Waals surface area contributed by atoms with Crippen molar-refractivity contribution in [3.63, 3.8) is 0 Å². The predicted molar refractivity (Wildman–Crippen MR) is 106 cm³/mol. The van der Waals surface area contributed by atoms with Crippen LogP contribution in [-0.4, -0.2) is 55.6 Å². The minimum Gasteiger partial charge on any atom is -0.497 e. The van der Waals surface area contributed by atoms with E-state index in [9.17, 15) is 14.4 Å². The standard InChI is InChI=1S/C20H19N5O5/c1-29-14-8-6-13(7-9-14)25-19(27)17-18(20(25)28)24(23-22-17)11-16(26)21-12-4-3-5-15(10-12)30-2/h3-10,17-18H,11H2,1-2H3,(H,21,26)/t17-,18-/m0/s1. The van der Waals surface area contributed by atoms with Crippen LogP contribution in [0.2, 0.25) is 0 Å². The van der Waals surface area contributed by atoms with Crippen LogP contribution >= 0.6 is 0 Å². The topological polar surface area (TPSA) is 113 Å². The van der Waals surface area contributed by atoms with Crippen molar-refractivity contribution in [3.05, 3.63) is 48.5 Å². The fourth-order valence-corrected chi connectivity index (χ4v) is 3.39. The van der Waals surface area contributed by atoms with Gasteiger partial charge in [-0.15, -0.1) is 0 Å². The molecule has 2 atom stereocenters.